The molecule has 1 fully saturated rings. The number of pyridine rings is 2. The molecule has 10 heteroatoms. The molecule has 2 atom stereocenters. The van der Waals surface area contributed by atoms with E-state index in [1.54, 1.807) is 18.5 Å². The molecule has 5 rings (SSSR count). The summed E-state index contributed by atoms with van der Waals surface area (Å²) in [6.07, 6.45) is 8.62. The molecule has 36 heavy (non-hydrogen) atoms. The molecular formula is C26H26N6O2S2. The fourth-order valence-corrected chi connectivity index (χ4v) is 5.55. The lowest BCUT2D eigenvalue weighted by atomic mass is 10.0. The van der Waals surface area contributed by atoms with E-state index in [0.717, 1.165) is 34.5 Å². The van der Waals surface area contributed by atoms with Crippen LogP contribution in [0.15, 0.2) is 85.5 Å². The van der Waals surface area contributed by atoms with Crippen LogP contribution in [0, 0.1) is 6.92 Å². The lowest BCUT2D eigenvalue weighted by molar-refractivity contribution is 0.533. The molecule has 0 aliphatic carbocycles. The Labute approximate surface area is 216 Å². The van der Waals surface area contributed by atoms with Crippen molar-refractivity contribution in [2.75, 3.05) is 15.9 Å². The van der Waals surface area contributed by atoms with Gasteiger partial charge in [0, 0.05) is 42.7 Å². The number of rotatable bonds is 7. The Hall–Kier alpha value is -3.76. The summed E-state index contributed by atoms with van der Waals surface area (Å²) in [6.45, 7) is 2.54. The van der Waals surface area contributed by atoms with Crippen LogP contribution in [0.3, 0.4) is 0 Å². The van der Waals surface area contributed by atoms with Crippen molar-refractivity contribution in [3.05, 3.63) is 108 Å². The van der Waals surface area contributed by atoms with E-state index < -0.39 is 10.0 Å². The molecular weight excluding hydrogens is 492 g/mol. The summed E-state index contributed by atoms with van der Waals surface area (Å²) in [5, 5.41) is 4.06. The Morgan fingerprint density at radius 1 is 1.08 bits per heavy atom. The first-order valence-corrected chi connectivity index (χ1v) is 13.7. The topological polar surface area (TPSA) is 92.2 Å². The zero-order valence-electron chi connectivity index (χ0n) is 19.9. The van der Waals surface area contributed by atoms with Crippen LogP contribution in [-0.4, -0.2) is 34.3 Å². The number of hydrogen-bond donors (Lipinski definition) is 2. The summed E-state index contributed by atoms with van der Waals surface area (Å²) in [4.78, 5) is 11.0. The summed E-state index contributed by atoms with van der Waals surface area (Å²) in [6, 6.07) is 19.2. The number of hydrogen-bond acceptors (Lipinski definition) is 5. The Morgan fingerprint density at radius 3 is 2.64 bits per heavy atom. The van der Waals surface area contributed by atoms with E-state index in [2.05, 4.69) is 47.8 Å². The van der Waals surface area contributed by atoms with Gasteiger partial charge in [0.1, 0.15) is 6.04 Å². The van der Waals surface area contributed by atoms with Crippen LogP contribution in [0.5, 0.6) is 0 Å². The van der Waals surface area contributed by atoms with Crippen LogP contribution in [0.1, 0.15) is 34.6 Å². The summed E-state index contributed by atoms with van der Waals surface area (Å²) in [7, 11) is -3.39. The molecule has 0 amide bonds. The van der Waals surface area contributed by atoms with Crippen molar-refractivity contribution < 1.29 is 8.42 Å². The highest BCUT2D eigenvalue weighted by atomic mass is 32.2. The maximum absolute atomic E-state index is 11.8. The number of anilines is 2. The van der Waals surface area contributed by atoms with Crippen molar-refractivity contribution in [3.8, 4) is 0 Å². The van der Waals surface area contributed by atoms with E-state index >= 15 is 0 Å². The van der Waals surface area contributed by atoms with Crippen molar-refractivity contribution >= 4 is 38.7 Å². The number of thiocarbonyl (C=S) groups is 1. The van der Waals surface area contributed by atoms with Crippen LogP contribution in [0.25, 0.3) is 0 Å². The van der Waals surface area contributed by atoms with Crippen LogP contribution in [0.2, 0.25) is 0 Å². The monoisotopic (exact) mass is 518 g/mol. The van der Waals surface area contributed by atoms with E-state index in [4.69, 9.17) is 12.2 Å². The molecule has 1 aliphatic rings. The van der Waals surface area contributed by atoms with Crippen molar-refractivity contribution in [2.45, 2.75) is 25.6 Å². The first kappa shape index (κ1) is 24.0. The average molecular weight is 519 g/mol. The molecule has 0 spiro atoms. The fourth-order valence-electron chi connectivity index (χ4n) is 4.57. The predicted molar refractivity (Wildman–Crippen MR) is 145 cm³/mol. The minimum atomic E-state index is -3.39. The molecule has 1 saturated heterocycles. The summed E-state index contributed by atoms with van der Waals surface area (Å²) in [5.74, 6) is 0. The summed E-state index contributed by atoms with van der Waals surface area (Å²) in [5.41, 5.74) is 5.24. The third-order valence-electron chi connectivity index (χ3n) is 6.12. The van der Waals surface area contributed by atoms with Crippen LogP contribution in [-0.2, 0) is 16.6 Å². The number of sulfonamides is 1. The van der Waals surface area contributed by atoms with E-state index in [-0.39, 0.29) is 12.1 Å². The molecule has 184 valence electrons. The van der Waals surface area contributed by atoms with Gasteiger partial charge < -0.3 is 14.8 Å². The molecule has 4 heterocycles. The van der Waals surface area contributed by atoms with Gasteiger partial charge in [0.2, 0.25) is 10.0 Å². The largest absolute Gasteiger partial charge is 0.351 e. The molecule has 8 nitrogen and oxygen atoms in total. The number of nitrogens with zero attached hydrogens (tertiary/aromatic N) is 4. The van der Waals surface area contributed by atoms with Gasteiger partial charge in [-0.1, -0.05) is 12.1 Å². The minimum absolute atomic E-state index is 0.185. The Bertz CT molecular complexity index is 1490. The van der Waals surface area contributed by atoms with Crippen molar-refractivity contribution in [2.24, 2.45) is 0 Å². The molecule has 0 bridgehead atoms. The molecule has 3 aromatic heterocycles. The van der Waals surface area contributed by atoms with Gasteiger partial charge in [0.25, 0.3) is 0 Å². The van der Waals surface area contributed by atoms with Gasteiger partial charge in [-0.3, -0.25) is 14.7 Å². The van der Waals surface area contributed by atoms with Crippen molar-refractivity contribution in [1.82, 2.24) is 19.9 Å². The number of benzene rings is 1. The highest BCUT2D eigenvalue weighted by Gasteiger charge is 2.42. The predicted octanol–water partition coefficient (Wildman–Crippen LogP) is 4.18. The SMILES string of the molecule is Cc1cc(N2C(=S)NC(c3ccccn3)C2c2cccn2Cc2cccnc2)ccc1NS(C)(=O)=O. The Balaban J connectivity index is 1.58. The average Bonchev–Trinajstić information content (AvgIpc) is 3.44. The van der Waals surface area contributed by atoms with Gasteiger partial charge in [0.05, 0.1) is 23.7 Å². The maximum Gasteiger partial charge on any atom is 0.229 e. The molecule has 4 aromatic rings. The molecule has 1 aromatic carbocycles. The lowest BCUT2D eigenvalue weighted by Crippen LogP contribution is -2.30. The Morgan fingerprint density at radius 2 is 1.94 bits per heavy atom. The second kappa shape index (κ2) is 9.71. The van der Waals surface area contributed by atoms with E-state index in [1.807, 2.05) is 55.6 Å². The fraction of sp³-hybridized carbons (Fsp3) is 0.192. The van der Waals surface area contributed by atoms with Crippen LogP contribution in [0.4, 0.5) is 11.4 Å². The summed E-state index contributed by atoms with van der Waals surface area (Å²) < 4.78 is 28.3. The van der Waals surface area contributed by atoms with Crippen LogP contribution >= 0.6 is 12.2 Å². The lowest BCUT2D eigenvalue weighted by Gasteiger charge is -2.29. The minimum Gasteiger partial charge on any atom is -0.351 e. The number of aryl methyl sites for hydroxylation is 1. The number of aromatic nitrogens is 3. The van der Waals surface area contributed by atoms with Gasteiger partial charge in [-0.2, -0.15) is 0 Å². The van der Waals surface area contributed by atoms with Gasteiger partial charge in [-0.05, 0) is 78.8 Å². The summed E-state index contributed by atoms with van der Waals surface area (Å²) >= 11 is 5.84. The van der Waals surface area contributed by atoms with Gasteiger partial charge in [-0.25, -0.2) is 8.42 Å². The normalized spacial score (nSPS) is 17.7. The highest BCUT2D eigenvalue weighted by molar-refractivity contribution is 7.92. The van der Waals surface area contributed by atoms with Crippen molar-refractivity contribution in [1.29, 1.82) is 0 Å². The van der Waals surface area contributed by atoms with E-state index in [1.165, 1.54) is 0 Å². The molecule has 1 aliphatic heterocycles. The molecule has 0 saturated carbocycles. The maximum atomic E-state index is 11.8. The Kier molecular flexibility index (Phi) is 6.46. The van der Waals surface area contributed by atoms with Gasteiger partial charge >= 0.3 is 0 Å². The second-order valence-electron chi connectivity index (χ2n) is 8.79. The zero-order chi connectivity index (χ0) is 25.3. The molecule has 0 radical (unpaired) electrons. The highest BCUT2D eigenvalue weighted by Crippen LogP contribution is 2.42. The van der Waals surface area contributed by atoms with Gasteiger partial charge in [0.15, 0.2) is 5.11 Å². The van der Waals surface area contributed by atoms with Gasteiger partial charge in [-0.15, -0.1) is 0 Å². The standard InChI is InChI=1S/C26H26N6O2S2/c1-18-15-20(10-11-21(18)30-36(2,33)34)32-25(24(29-26(32)35)22-8-3-4-13-28-22)23-9-6-14-31(23)17-19-7-5-12-27-16-19/h3-16,24-25,30H,17H2,1-2H3,(H,29,35). The quantitative estimate of drug-likeness (QED) is 0.355. The first-order valence-electron chi connectivity index (χ1n) is 11.4. The molecule has 2 unspecified atom stereocenters. The first-order chi connectivity index (χ1) is 17.3. The van der Waals surface area contributed by atoms with E-state index in [9.17, 15) is 8.42 Å². The van der Waals surface area contributed by atoms with Crippen LogP contribution < -0.4 is 14.9 Å². The zero-order valence-corrected chi connectivity index (χ0v) is 21.5. The second-order valence-corrected chi connectivity index (χ2v) is 10.9. The smallest absolute Gasteiger partial charge is 0.229 e. The number of nitrogens with one attached hydrogen (secondary N) is 2. The molecule has 2 N–H and O–H groups in total. The van der Waals surface area contributed by atoms with Crippen molar-refractivity contribution in [3.63, 3.8) is 0 Å². The third-order valence-corrected chi connectivity index (χ3v) is 7.03. The third kappa shape index (κ3) is 4.95. The van der Waals surface area contributed by atoms with E-state index in [0.29, 0.717) is 17.3 Å².